The van der Waals surface area contributed by atoms with Gasteiger partial charge in [-0.15, -0.1) is 0 Å². The second-order valence-corrected chi connectivity index (χ2v) is 1.97. The summed E-state index contributed by atoms with van der Waals surface area (Å²) < 4.78 is 0.109. The molecular weight excluding hydrogens is 425 g/mol. The monoisotopic (exact) mass is 428 g/mol. The molecule has 0 aromatic rings. The molecule has 0 aromatic carbocycles. The van der Waals surface area contributed by atoms with Gasteiger partial charge in [-0.05, 0) is 0 Å². The molecule has 0 saturated heterocycles. The van der Waals surface area contributed by atoms with Crippen LogP contribution in [0.3, 0.4) is 0 Å². The summed E-state index contributed by atoms with van der Waals surface area (Å²) in [4.78, 5) is 9.73. The third-order valence-electron chi connectivity index (χ3n) is 0.185. The maximum absolute atomic E-state index is 9.73. The van der Waals surface area contributed by atoms with E-state index >= 15 is 0 Å². The van der Waals surface area contributed by atoms with Crippen LogP contribution in [0.5, 0.6) is 0 Å². The molecule has 0 aromatic heterocycles. The van der Waals surface area contributed by atoms with Gasteiger partial charge in [0.15, 0.2) is 0 Å². The zero-order chi connectivity index (χ0) is 4.28. The largest absolute Gasteiger partial charge is 0 e. The molecule has 0 amide bonds. The fraction of sp³-hybridized carbons (Fsp3) is 0. The molecule has 0 fully saturated rings. The fourth-order valence-electron chi connectivity index (χ4n) is 0. The summed E-state index contributed by atoms with van der Waals surface area (Å²) in [5.41, 5.74) is 0. The maximum atomic E-state index is 9.73. The Balaban J connectivity index is -0.0000000800. The van der Waals surface area contributed by atoms with Gasteiger partial charge in [0.05, 0.1) is 0 Å². The second kappa shape index (κ2) is 10.4. The summed E-state index contributed by atoms with van der Waals surface area (Å²) in [7, 11) is 0. The molecule has 0 heterocycles. The Kier molecular flexibility index (Phi) is 23.4. The van der Waals surface area contributed by atoms with Crippen LogP contribution in [0.1, 0.15) is 0 Å². The molecule has 0 rings (SSSR count). The Morgan fingerprint density at radius 3 is 1.86 bits per heavy atom. The molecule has 0 aliphatic rings. The van der Waals surface area contributed by atoms with E-state index in [2.05, 4.69) is 6.58 Å². The fourth-order valence-corrected chi connectivity index (χ4v) is 0. The van der Waals surface area contributed by atoms with Crippen molar-refractivity contribution in [2.75, 3.05) is 0 Å². The molecule has 0 saturated carbocycles. The van der Waals surface area contributed by atoms with Gasteiger partial charge >= 0.3 is 43.8 Å². The second-order valence-electron chi connectivity index (χ2n) is 0.568. The third-order valence-corrected chi connectivity index (χ3v) is 0.768. The first-order valence-corrected chi connectivity index (χ1v) is 2.58. The van der Waals surface area contributed by atoms with E-state index in [4.69, 9.17) is 0 Å². The number of carbonyl (C=O) groups is 1. The average molecular weight is 428 g/mol. The average Bonchev–Trinajstić information content (AvgIpc) is 1.38. The van der Waals surface area contributed by atoms with Gasteiger partial charge in [-0.3, -0.25) is 0 Å². The van der Waals surface area contributed by atoms with E-state index in [1.807, 2.05) is 0 Å². The van der Waals surface area contributed by atoms with Crippen molar-refractivity contribution < 1.29 is 42.4 Å². The Morgan fingerprint density at radius 1 is 1.71 bits per heavy atom. The van der Waals surface area contributed by atoms with E-state index in [1.165, 1.54) is 6.08 Å². The predicted octanol–water partition coefficient (Wildman–Crippen LogP) is -0.137. The maximum Gasteiger partial charge on any atom is 0 e. The molecule has 1 nitrogen and oxygen atoms in total. The van der Waals surface area contributed by atoms with E-state index in [-0.39, 0.29) is 41.4 Å². The van der Waals surface area contributed by atoms with Gasteiger partial charge in [-0.1, -0.05) is 0 Å². The topological polar surface area (TPSA) is 17.1 Å². The summed E-state index contributed by atoms with van der Waals surface area (Å²) in [6.07, 6.45) is 1.32. The van der Waals surface area contributed by atoms with Crippen molar-refractivity contribution in [3.63, 3.8) is 0 Å². The zero-order valence-electron chi connectivity index (χ0n) is 3.33. The third kappa shape index (κ3) is 18.7. The first-order chi connectivity index (χ1) is 2.27. The minimum Gasteiger partial charge on any atom is 0 e. The molecule has 0 atom stereocenters. The minimum atomic E-state index is 0. The van der Waals surface area contributed by atoms with Crippen LogP contribution in [0.15, 0.2) is 12.7 Å². The van der Waals surface area contributed by atoms with Gasteiger partial charge in [0.2, 0.25) is 0 Å². The van der Waals surface area contributed by atoms with Crippen molar-refractivity contribution in [3.05, 3.63) is 12.7 Å². The molecule has 0 bridgehead atoms. The summed E-state index contributed by atoms with van der Waals surface area (Å²) in [6, 6.07) is 0. The zero-order valence-corrected chi connectivity index (χ0v) is 9.44. The Hall–Kier alpha value is 1.39. The Morgan fingerprint density at radius 2 is 1.86 bits per heavy atom. The van der Waals surface area contributed by atoms with Crippen LogP contribution in [-0.4, -0.2) is 26.3 Å². The van der Waals surface area contributed by atoms with E-state index in [0.29, 0.717) is 0 Å². The van der Waals surface area contributed by atoms with E-state index in [9.17, 15) is 4.79 Å². The van der Waals surface area contributed by atoms with Crippen LogP contribution in [0.25, 0.3) is 0 Å². The summed E-state index contributed by atoms with van der Waals surface area (Å²) >= 11 is 0.913. The quantitative estimate of drug-likeness (QED) is 0.421. The van der Waals surface area contributed by atoms with Gasteiger partial charge in [0, 0.05) is 37.6 Å². The molecule has 0 aliphatic carbocycles. The van der Waals surface area contributed by atoms with Crippen LogP contribution in [0.4, 0.5) is 0 Å². The van der Waals surface area contributed by atoms with Crippen molar-refractivity contribution in [2.45, 2.75) is 0 Å². The van der Waals surface area contributed by atoms with Crippen LogP contribution in [0, 0.1) is 0 Å². The van der Waals surface area contributed by atoms with Crippen LogP contribution < -0.4 is 0 Å². The van der Waals surface area contributed by atoms with E-state index in [0.717, 1.165) is 22.5 Å². The smallest absolute Gasteiger partial charge is 0 e. The number of hydrogen-bond donors (Lipinski definition) is 0. The van der Waals surface area contributed by atoms with Gasteiger partial charge in [-0.2, -0.15) is 0 Å². The van der Waals surface area contributed by atoms with Crippen LogP contribution >= 0.6 is 0 Å². The van der Waals surface area contributed by atoms with E-state index < -0.39 is 0 Å². The molecule has 45 valence electrons. The molecule has 3 radical (unpaired) electrons. The molecular formula is C3H3NiOPtSn. The van der Waals surface area contributed by atoms with Crippen molar-refractivity contribution in [1.82, 2.24) is 0 Å². The Bertz CT molecular complexity index is 66.0. The van der Waals surface area contributed by atoms with Gasteiger partial charge in [-0.25, -0.2) is 0 Å². The molecule has 0 N–H and O–H groups in total. The van der Waals surface area contributed by atoms with Gasteiger partial charge in [0.25, 0.3) is 0 Å². The van der Waals surface area contributed by atoms with E-state index in [1.54, 1.807) is 0 Å². The first-order valence-electron chi connectivity index (χ1n) is 1.15. The van der Waals surface area contributed by atoms with Crippen LogP contribution in [0.2, 0.25) is 0 Å². The predicted molar refractivity (Wildman–Crippen MR) is 21.0 cm³/mol. The summed E-state index contributed by atoms with van der Waals surface area (Å²) in [5, 5.41) is 0. The minimum absolute atomic E-state index is 0. The van der Waals surface area contributed by atoms with Gasteiger partial charge in [0.1, 0.15) is 0 Å². The molecule has 0 unspecified atom stereocenters. The van der Waals surface area contributed by atoms with Crippen LogP contribution in [-0.2, 0) is 42.4 Å². The van der Waals surface area contributed by atoms with Crippen molar-refractivity contribution in [1.29, 1.82) is 0 Å². The standard InChI is InChI=1S/C3H3O.Ni.Pt.Sn/c1-2-3-4;;;/h2H,1H2;;;. The van der Waals surface area contributed by atoms with Crippen molar-refractivity contribution in [3.8, 4) is 0 Å². The molecule has 4 heteroatoms. The number of rotatable bonds is 1. The molecule has 7 heavy (non-hydrogen) atoms. The summed E-state index contributed by atoms with van der Waals surface area (Å²) in [6.45, 7) is 3.23. The SMILES string of the molecule is C=C[C](=O)[Sn].[Ni].[Pt]. The van der Waals surface area contributed by atoms with Crippen molar-refractivity contribution in [2.24, 2.45) is 0 Å². The number of carbonyl (C=O) groups excluding carboxylic acids is 1. The first kappa shape index (κ1) is 15.8. The Labute approximate surface area is 80.6 Å². The molecule has 0 aliphatic heterocycles. The van der Waals surface area contributed by atoms with Crippen molar-refractivity contribution >= 4 is 26.3 Å². The number of hydrogen-bond acceptors (Lipinski definition) is 1. The summed E-state index contributed by atoms with van der Waals surface area (Å²) in [5.74, 6) is 0. The number of allylic oxidation sites excluding steroid dienone is 1. The normalized spacial score (nSPS) is 4.71. The van der Waals surface area contributed by atoms with Gasteiger partial charge < -0.3 is 0 Å². The molecule has 0 spiro atoms.